The fourth-order valence-corrected chi connectivity index (χ4v) is 0.898. The molecule has 1 saturated carbocycles. The molecule has 0 amide bonds. The van der Waals surface area contributed by atoms with Gasteiger partial charge in [-0.2, -0.15) is 18.3 Å². The predicted molar refractivity (Wildman–Crippen MR) is 58.0 cm³/mol. The van der Waals surface area contributed by atoms with Gasteiger partial charge in [0.05, 0.1) is 0 Å². The Hall–Kier alpha value is 0.766. The second-order valence-corrected chi connectivity index (χ2v) is 4.49. The molecule has 0 saturated heterocycles. The van der Waals surface area contributed by atoms with Gasteiger partial charge in [0.2, 0.25) is 0 Å². The molecule has 0 aromatic carbocycles. The molecule has 0 N–H and O–H groups in total. The normalized spacial score (nSPS) is 17.0. The van der Waals surface area contributed by atoms with Crippen LogP contribution in [0.4, 0.5) is 0 Å². The molecule has 1 heteroatoms. The maximum absolute atomic E-state index is 3.77. The Balaban J connectivity index is 0. The number of hydrogen-bond donors (Lipinski definition) is 0. The van der Waals surface area contributed by atoms with E-state index in [-0.39, 0.29) is 28.5 Å². The summed E-state index contributed by atoms with van der Waals surface area (Å²) in [4.78, 5) is 0. The van der Waals surface area contributed by atoms with Gasteiger partial charge in [-0.15, -0.1) is 0 Å². The van der Waals surface area contributed by atoms with Crippen LogP contribution in [-0.4, -0.2) is 23.1 Å². The van der Waals surface area contributed by atoms with Gasteiger partial charge < -0.3 is 13.3 Å². The summed E-state index contributed by atoms with van der Waals surface area (Å²) in [6.07, 6.45) is 9.50. The zero-order chi connectivity index (χ0) is 8.74. The van der Waals surface area contributed by atoms with Gasteiger partial charge in [0, 0.05) is 0 Å². The van der Waals surface area contributed by atoms with E-state index in [2.05, 4.69) is 34.1 Å². The zero-order valence-corrected chi connectivity index (χ0v) is 10.4. The van der Waals surface area contributed by atoms with Crippen LogP contribution in [0.5, 0.6) is 0 Å². The topological polar surface area (TPSA) is 0 Å². The van der Waals surface area contributed by atoms with Crippen molar-refractivity contribution in [3.05, 3.63) is 13.3 Å². The average Bonchev–Trinajstić information content (AvgIpc) is 1.88. The van der Waals surface area contributed by atoms with Crippen molar-refractivity contribution in [2.45, 2.75) is 52.9 Å². The molecule has 0 heterocycles. The first-order chi connectivity index (χ1) is 5.00. The largest absolute Gasteiger partial charge is 2.00 e. The third-order valence-corrected chi connectivity index (χ3v) is 1.32. The summed E-state index contributed by atoms with van der Waals surface area (Å²) in [5.41, 5.74) is 0.250. The minimum Gasteiger partial charge on any atom is -0.338 e. The van der Waals surface area contributed by atoms with Crippen molar-refractivity contribution in [3.8, 4) is 0 Å². The van der Waals surface area contributed by atoms with Gasteiger partial charge in [-0.05, 0) is 0 Å². The van der Waals surface area contributed by atoms with Gasteiger partial charge >= 0.3 is 23.1 Å². The third kappa shape index (κ3) is 22.4. The Bertz CT molecular complexity index is 60.0. The molecule has 0 atom stereocenters. The summed E-state index contributed by atoms with van der Waals surface area (Å²) < 4.78 is 0. The molecule has 0 unspecified atom stereocenters. The summed E-state index contributed by atoms with van der Waals surface area (Å²) in [6, 6.07) is 0. The summed E-state index contributed by atoms with van der Waals surface area (Å²) in [7, 11) is 0. The summed E-state index contributed by atoms with van der Waals surface area (Å²) in [6.45, 7) is 10.0. The SMILES string of the molecule is [CH-]1CCCCC1.[CH2-]C(C)(C)C.[Mg+2]. The summed E-state index contributed by atoms with van der Waals surface area (Å²) >= 11 is 0. The third-order valence-electron chi connectivity index (χ3n) is 1.32. The van der Waals surface area contributed by atoms with E-state index in [9.17, 15) is 0 Å². The van der Waals surface area contributed by atoms with Crippen molar-refractivity contribution < 1.29 is 0 Å². The maximum atomic E-state index is 3.77. The van der Waals surface area contributed by atoms with Gasteiger partial charge in [-0.1, -0.05) is 40.0 Å². The van der Waals surface area contributed by atoms with E-state index in [1.165, 1.54) is 32.1 Å². The van der Waals surface area contributed by atoms with E-state index >= 15 is 0 Å². The molecule has 12 heavy (non-hydrogen) atoms. The fraction of sp³-hybridized carbons (Fsp3) is 0.818. The monoisotopic (exact) mass is 178 g/mol. The molecular weight excluding hydrogens is 156 g/mol. The molecular formula is C11H22Mg. The van der Waals surface area contributed by atoms with Gasteiger partial charge in [0.1, 0.15) is 0 Å². The van der Waals surface area contributed by atoms with Crippen LogP contribution in [0.1, 0.15) is 52.9 Å². The minimum absolute atomic E-state index is 0. The second-order valence-electron chi connectivity index (χ2n) is 4.49. The first kappa shape index (κ1) is 15.2. The predicted octanol–water partition coefficient (Wildman–Crippen LogP) is 3.64. The molecule has 0 bridgehead atoms. The molecule has 0 spiro atoms. The van der Waals surface area contributed by atoms with Crippen molar-refractivity contribution in [1.82, 2.24) is 0 Å². The first-order valence-corrected chi connectivity index (χ1v) is 4.67. The van der Waals surface area contributed by atoms with E-state index in [4.69, 9.17) is 0 Å². The van der Waals surface area contributed by atoms with Gasteiger partial charge in [0.25, 0.3) is 0 Å². The Labute approximate surface area is 94.7 Å². The Morgan fingerprint density at radius 2 is 1.33 bits per heavy atom. The molecule has 0 aliphatic heterocycles. The van der Waals surface area contributed by atoms with E-state index in [0.29, 0.717) is 0 Å². The van der Waals surface area contributed by atoms with Crippen molar-refractivity contribution >= 4 is 23.1 Å². The van der Waals surface area contributed by atoms with Crippen LogP contribution in [0, 0.1) is 18.8 Å². The second kappa shape index (κ2) is 8.37. The molecule has 68 valence electrons. The molecule has 1 rings (SSSR count). The summed E-state index contributed by atoms with van der Waals surface area (Å²) in [5, 5.41) is 0. The van der Waals surface area contributed by atoms with Gasteiger partial charge in [-0.3, -0.25) is 0 Å². The summed E-state index contributed by atoms with van der Waals surface area (Å²) in [5.74, 6) is 0. The molecule has 0 radical (unpaired) electrons. The van der Waals surface area contributed by atoms with Gasteiger partial charge in [-0.25, -0.2) is 0 Å². The van der Waals surface area contributed by atoms with E-state index in [1.54, 1.807) is 0 Å². The molecule has 1 aliphatic carbocycles. The van der Waals surface area contributed by atoms with Crippen LogP contribution < -0.4 is 0 Å². The maximum Gasteiger partial charge on any atom is 2.00 e. The van der Waals surface area contributed by atoms with Crippen LogP contribution >= 0.6 is 0 Å². The molecule has 1 fully saturated rings. The Morgan fingerprint density at radius 3 is 1.42 bits per heavy atom. The van der Waals surface area contributed by atoms with Gasteiger partial charge in [0.15, 0.2) is 0 Å². The molecule has 0 aromatic rings. The Morgan fingerprint density at radius 1 is 1.00 bits per heavy atom. The van der Waals surface area contributed by atoms with Crippen LogP contribution in [-0.2, 0) is 0 Å². The molecule has 0 aromatic heterocycles. The zero-order valence-electron chi connectivity index (χ0n) is 9.03. The van der Waals surface area contributed by atoms with Crippen molar-refractivity contribution in [3.63, 3.8) is 0 Å². The quantitative estimate of drug-likeness (QED) is 0.393. The fourth-order valence-electron chi connectivity index (χ4n) is 0.898. The Kier molecular flexibility index (Phi) is 10.6. The van der Waals surface area contributed by atoms with Crippen LogP contribution in [0.3, 0.4) is 0 Å². The van der Waals surface area contributed by atoms with Crippen LogP contribution in [0.2, 0.25) is 0 Å². The van der Waals surface area contributed by atoms with E-state index in [1.807, 2.05) is 0 Å². The van der Waals surface area contributed by atoms with E-state index < -0.39 is 0 Å². The van der Waals surface area contributed by atoms with Crippen LogP contribution in [0.15, 0.2) is 0 Å². The van der Waals surface area contributed by atoms with Crippen molar-refractivity contribution in [1.29, 1.82) is 0 Å². The van der Waals surface area contributed by atoms with Crippen molar-refractivity contribution in [2.24, 2.45) is 5.41 Å². The number of rotatable bonds is 0. The smallest absolute Gasteiger partial charge is 0.338 e. The average molecular weight is 179 g/mol. The standard InChI is InChI=1S/C6H11.C5H11.Mg/c1-2-4-6-5-3-1;1-5(2,3)4;/h1H,2-6H2;1H2,2-4H3;/q2*-1;+2. The minimum atomic E-state index is 0. The molecule has 0 nitrogen and oxygen atoms in total. The van der Waals surface area contributed by atoms with Crippen molar-refractivity contribution in [2.75, 3.05) is 0 Å². The molecule has 1 aliphatic rings. The first-order valence-electron chi connectivity index (χ1n) is 4.67. The van der Waals surface area contributed by atoms with Crippen LogP contribution in [0.25, 0.3) is 0 Å². The number of hydrogen-bond acceptors (Lipinski definition) is 0. The van der Waals surface area contributed by atoms with E-state index in [0.717, 1.165) is 0 Å².